The van der Waals surface area contributed by atoms with Crippen molar-refractivity contribution in [3.63, 3.8) is 0 Å². The highest BCUT2D eigenvalue weighted by Crippen LogP contribution is 2.31. The van der Waals surface area contributed by atoms with Gasteiger partial charge in [0.15, 0.2) is 0 Å². The molecular weight excluding hydrogens is 506 g/mol. The molecule has 8 nitrogen and oxygen atoms in total. The molecule has 3 amide bonds. The van der Waals surface area contributed by atoms with Crippen LogP contribution in [0.5, 0.6) is 0 Å². The lowest BCUT2D eigenvalue weighted by molar-refractivity contribution is -0.120. The second-order valence-electron chi connectivity index (χ2n) is 8.84. The third-order valence-corrected chi connectivity index (χ3v) is 6.25. The van der Waals surface area contributed by atoms with Crippen molar-refractivity contribution < 1.29 is 23.9 Å². The van der Waals surface area contributed by atoms with Gasteiger partial charge < -0.3 is 15.4 Å². The number of anilines is 3. The SMILES string of the molecule is CCOC(=O)c1cccc(N2C(=O)C(Cl)=C(Nc3ccc(C(=O)Nc4ccc(C(C)C)cc4)cc3)C2=O)c1. The van der Waals surface area contributed by atoms with E-state index in [9.17, 15) is 19.2 Å². The summed E-state index contributed by atoms with van der Waals surface area (Å²) in [7, 11) is 0. The lowest BCUT2D eigenvalue weighted by atomic mass is 10.0. The first kappa shape index (κ1) is 26.6. The van der Waals surface area contributed by atoms with E-state index in [1.807, 2.05) is 24.3 Å². The molecule has 1 heterocycles. The Hall–Kier alpha value is -4.43. The van der Waals surface area contributed by atoms with Gasteiger partial charge in [-0.3, -0.25) is 14.4 Å². The Labute approximate surface area is 225 Å². The van der Waals surface area contributed by atoms with Gasteiger partial charge in [0.2, 0.25) is 0 Å². The molecule has 0 fully saturated rings. The van der Waals surface area contributed by atoms with Crippen LogP contribution in [0.3, 0.4) is 0 Å². The Balaban J connectivity index is 1.45. The van der Waals surface area contributed by atoms with Crippen molar-refractivity contribution in [2.24, 2.45) is 0 Å². The first-order valence-electron chi connectivity index (χ1n) is 12.0. The second kappa shape index (κ2) is 11.3. The van der Waals surface area contributed by atoms with Crippen LogP contribution in [-0.4, -0.2) is 30.3 Å². The van der Waals surface area contributed by atoms with E-state index in [1.165, 1.54) is 23.8 Å². The molecule has 0 aliphatic carbocycles. The Morgan fingerprint density at radius 1 is 0.895 bits per heavy atom. The Bertz CT molecular complexity index is 1430. The van der Waals surface area contributed by atoms with Crippen LogP contribution in [0.1, 0.15) is 53.0 Å². The van der Waals surface area contributed by atoms with Crippen molar-refractivity contribution in [1.82, 2.24) is 0 Å². The Kier molecular flexibility index (Phi) is 7.93. The summed E-state index contributed by atoms with van der Waals surface area (Å²) >= 11 is 6.22. The molecule has 3 aromatic carbocycles. The molecule has 0 saturated carbocycles. The summed E-state index contributed by atoms with van der Waals surface area (Å²) in [6.07, 6.45) is 0. The molecule has 0 bridgehead atoms. The molecule has 3 aromatic rings. The maximum Gasteiger partial charge on any atom is 0.338 e. The van der Waals surface area contributed by atoms with Crippen molar-refractivity contribution in [2.45, 2.75) is 26.7 Å². The smallest absolute Gasteiger partial charge is 0.338 e. The van der Waals surface area contributed by atoms with Gasteiger partial charge in [0.05, 0.1) is 17.9 Å². The monoisotopic (exact) mass is 531 g/mol. The standard InChI is InChI=1S/C29H26ClN3O5/c1-4-38-29(37)20-6-5-7-23(16-20)33-27(35)24(30)25(28(33)36)31-21-14-10-19(11-15-21)26(34)32-22-12-8-18(9-13-22)17(2)3/h5-17,31H,4H2,1-3H3,(H,32,34). The summed E-state index contributed by atoms with van der Waals surface area (Å²) in [5.74, 6) is -1.85. The average molecular weight is 532 g/mol. The van der Waals surface area contributed by atoms with Crippen molar-refractivity contribution >= 4 is 52.4 Å². The van der Waals surface area contributed by atoms with Crippen LogP contribution < -0.4 is 15.5 Å². The predicted octanol–water partition coefficient (Wildman–Crippen LogP) is 5.67. The largest absolute Gasteiger partial charge is 0.462 e. The number of hydrogen-bond acceptors (Lipinski definition) is 6. The van der Waals surface area contributed by atoms with Crippen LogP contribution in [0.25, 0.3) is 0 Å². The maximum atomic E-state index is 13.1. The number of nitrogens with one attached hydrogen (secondary N) is 2. The van der Waals surface area contributed by atoms with Crippen LogP contribution in [0.15, 0.2) is 83.5 Å². The zero-order valence-electron chi connectivity index (χ0n) is 21.1. The molecule has 0 radical (unpaired) electrons. The predicted molar refractivity (Wildman–Crippen MR) is 146 cm³/mol. The van der Waals surface area contributed by atoms with Gasteiger partial charge in [-0.05, 0) is 73.0 Å². The summed E-state index contributed by atoms with van der Waals surface area (Å²) in [5.41, 5.74) is 3.01. The van der Waals surface area contributed by atoms with Crippen LogP contribution in [0.2, 0.25) is 0 Å². The fourth-order valence-electron chi connectivity index (χ4n) is 3.84. The third kappa shape index (κ3) is 5.60. The van der Waals surface area contributed by atoms with Crippen molar-refractivity contribution in [3.05, 3.63) is 100 Å². The van der Waals surface area contributed by atoms with Crippen LogP contribution in [0, 0.1) is 0 Å². The fraction of sp³-hybridized carbons (Fsp3) is 0.172. The summed E-state index contributed by atoms with van der Waals surface area (Å²) in [4.78, 5) is 51.5. The molecule has 0 atom stereocenters. The molecule has 0 spiro atoms. The zero-order valence-corrected chi connectivity index (χ0v) is 21.8. The van der Waals surface area contributed by atoms with E-state index in [-0.39, 0.29) is 34.5 Å². The van der Waals surface area contributed by atoms with E-state index in [0.717, 1.165) is 4.90 Å². The van der Waals surface area contributed by atoms with Gasteiger partial charge in [0.1, 0.15) is 10.7 Å². The number of amides is 3. The van der Waals surface area contributed by atoms with Crippen LogP contribution in [0.4, 0.5) is 17.1 Å². The van der Waals surface area contributed by atoms with E-state index in [4.69, 9.17) is 16.3 Å². The van der Waals surface area contributed by atoms with Crippen molar-refractivity contribution in [1.29, 1.82) is 0 Å². The number of benzene rings is 3. The number of imide groups is 1. The van der Waals surface area contributed by atoms with E-state index >= 15 is 0 Å². The summed E-state index contributed by atoms with van der Waals surface area (Å²) in [6, 6.07) is 20.0. The highest BCUT2D eigenvalue weighted by Gasteiger charge is 2.39. The molecule has 1 aliphatic rings. The minimum absolute atomic E-state index is 0.111. The normalized spacial score (nSPS) is 13.2. The summed E-state index contributed by atoms with van der Waals surface area (Å²) in [5, 5.41) is 5.44. The lowest BCUT2D eigenvalue weighted by Crippen LogP contribution is -2.32. The number of carbonyl (C=O) groups is 4. The number of rotatable bonds is 8. The lowest BCUT2D eigenvalue weighted by Gasteiger charge is -2.16. The minimum atomic E-state index is -0.723. The second-order valence-corrected chi connectivity index (χ2v) is 9.22. The first-order chi connectivity index (χ1) is 18.2. The molecule has 194 valence electrons. The van der Waals surface area contributed by atoms with E-state index in [1.54, 1.807) is 37.3 Å². The van der Waals surface area contributed by atoms with Gasteiger partial charge in [-0.1, -0.05) is 43.6 Å². The van der Waals surface area contributed by atoms with E-state index < -0.39 is 17.8 Å². The Morgan fingerprint density at radius 3 is 2.18 bits per heavy atom. The summed E-state index contributed by atoms with van der Waals surface area (Å²) < 4.78 is 4.99. The van der Waals surface area contributed by atoms with E-state index in [2.05, 4.69) is 24.5 Å². The maximum absolute atomic E-state index is 13.1. The van der Waals surface area contributed by atoms with Gasteiger partial charge in [-0.15, -0.1) is 0 Å². The van der Waals surface area contributed by atoms with Gasteiger partial charge in [-0.2, -0.15) is 0 Å². The molecule has 9 heteroatoms. The molecule has 0 aromatic heterocycles. The van der Waals surface area contributed by atoms with Crippen molar-refractivity contribution in [2.75, 3.05) is 22.1 Å². The third-order valence-electron chi connectivity index (χ3n) is 5.89. The zero-order chi connectivity index (χ0) is 27.4. The van der Waals surface area contributed by atoms with Gasteiger partial charge >= 0.3 is 5.97 Å². The highest BCUT2D eigenvalue weighted by atomic mass is 35.5. The van der Waals surface area contributed by atoms with Gasteiger partial charge in [-0.25, -0.2) is 9.69 Å². The first-order valence-corrected chi connectivity index (χ1v) is 12.4. The molecule has 0 saturated heterocycles. The number of halogens is 1. The number of nitrogens with zero attached hydrogens (tertiary/aromatic N) is 1. The van der Waals surface area contributed by atoms with E-state index in [0.29, 0.717) is 22.9 Å². The Morgan fingerprint density at radius 2 is 1.55 bits per heavy atom. The quantitative estimate of drug-likeness (QED) is 0.286. The van der Waals surface area contributed by atoms with Gasteiger partial charge in [0.25, 0.3) is 17.7 Å². The molecule has 2 N–H and O–H groups in total. The van der Waals surface area contributed by atoms with Crippen LogP contribution >= 0.6 is 11.6 Å². The number of carbonyl (C=O) groups excluding carboxylic acids is 4. The number of ether oxygens (including phenoxy) is 1. The number of esters is 1. The highest BCUT2D eigenvalue weighted by molar-refractivity contribution is 6.53. The fourth-order valence-corrected chi connectivity index (χ4v) is 4.05. The number of hydrogen-bond donors (Lipinski definition) is 2. The molecule has 1 aliphatic heterocycles. The summed E-state index contributed by atoms with van der Waals surface area (Å²) in [6.45, 7) is 6.07. The molecular formula is C29H26ClN3O5. The molecule has 4 rings (SSSR count). The van der Waals surface area contributed by atoms with Crippen molar-refractivity contribution in [3.8, 4) is 0 Å². The topological polar surface area (TPSA) is 105 Å². The van der Waals surface area contributed by atoms with Gasteiger partial charge in [0, 0.05) is 16.9 Å². The van der Waals surface area contributed by atoms with Crippen LogP contribution in [-0.2, 0) is 14.3 Å². The average Bonchev–Trinajstić information content (AvgIpc) is 3.12. The minimum Gasteiger partial charge on any atom is -0.462 e. The molecule has 38 heavy (non-hydrogen) atoms. The molecule has 0 unspecified atom stereocenters.